The Bertz CT molecular complexity index is 669. The third kappa shape index (κ3) is 3.71. The second kappa shape index (κ2) is 6.44. The van der Waals surface area contributed by atoms with Crippen LogP contribution in [-0.4, -0.2) is 61.1 Å². The molecule has 1 aliphatic rings. The minimum absolute atomic E-state index is 0.105. The van der Waals surface area contributed by atoms with Crippen molar-refractivity contribution in [3.63, 3.8) is 0 Å². The molecule has 1 aromatic rings. The number of phenols is 1. The summed E-state index contributed by atoms with van der Waals surface area (Å²) < 4.78 is 24.4. The topological polar surface area (TPSA) is 77.9 Å². The first-order valence-corrected chi connectivity index (χ1v) is 9.13. The van der Waals surface area contributed by atoms with Crippen molar-refractivity contribution in [2.24, 2.45) is 0 Å². The number of hydrogen-bond donors (Lipinski definition) is 1. The summed E-state index contributed by atoms with van der Waals surface area (Å²) in [4.78, 5) is 14.0. The van der Waals surface area contributed by atoms with E-state index in [1.807, 2.05) is 0 Å². The van der Waals surface area contributed by atoms with Crippen LogP contribution in [0.5, 0.6) is 5.75 Å². The van der Waals surface area contributed by atoms with Gasteiger partial charge in [-0.05, 0) is 31.0 Å². The molecule has 0 saturated carbocycles. The van der Waals surface area contributed by atoms with E-state index in [9.17, 15) is 18.3 Å². The molecule has 1 amide bonds. The highest BCUT2D eigenvalue weighted by Crippen LogP contribution is 2.25. The summed E-state index contributed by atoms with van der Waals surface area (Å²) in [7, 11) is -1.68. The second-order valence-electron chi connectivity index (χ2n) is 5.46. The lowest BCUT2D eigenvalue weighted by Crippen LogP contribution is -2.47. The lowest BCUT2D eigenvalue weighted by atomic mass is 10.0. The number of phenolic OH excluding ortho intramolecular Hbond substituents is 1. The lowest BCUT2D eigenvalue weighted by Gasteiger charge is -2.35. The Morgan fingerprint density at radius 3 is 2.50 bits per heavy atom. The molecule has 6 nitrogen and oxygen atoms in total. The Hall–Kier alpha value is -1.31. The number of piperidine rings is 1. The number of sulfonamides is 1. The summed E-state index contributed by atoms with van der Waals surface area (Å²) in [6, 6.07) is 4.24. The van der Waals surface area contributed by atoms with Crippen molar-refractivity contribution in [3.8, 4) is 5.75 Å². The zero-order chi connectivity index (χ0) is 16.5. The highest BCUT2D eigenvalue weighted by atomic mass is 35.5. The van der Waals surface area contributed by atoms with Crippen LogP contribution in [0.15, 0.2) is 18.2 Å². The predicted octanol–water partition coefficient (Wildman–Crippen LogP) is 1.54. The van der Waals surface area contributed by atoms with Gasteiger partial charge in [0.05, 0.1) is 11.8 Å². The third-order valence-corrected chi connectivity index (χ3v) is 5.56. The first-order chi connectivity index (χ1) is 10.2. The van der Waals surface area contributed by atoms with Gasteiger partial charge in [-0.15, -0.1) is 0 Å². The van der Waals surface area contributed by atoms with Gasteiger partial charge in [-0.2, -0.15) is 0 Å². The number of benzene rings is 1. The maximum absolute atomic E-state index is 12.4. The molecule has 1 aromatic carbocycles. The standard InChI is InChI=1S/C14H19ClN2O4S/c1-16(22(2,20)21)11-5-7-17(8-6-11)14(19)12-9-10(15)3-4-13(12)18/h3-4,9,11,18H,5-8H2,1-2H3. The highest BCUT2D eigenvalue weighted by molar-refractivity contribution is 7.88. The number of aromatic hydroxyl groups is 1. The fourth-order valence-corrected chi connectivity index (χ4v) is 3.48. The first kappa shape index (κ1) is 17.1. The Morgan fingerprint density at radius 1 is 1.36 bits per heavy atom. The number of carbonyl (C=O) groups is 1. The fraction of sp³-hybridized carbons (Fsp3) is 0.500. The quantitative estimate of drug-likeness (QED) is 0.900. The third-order valence-electron chi connectivity index (χ3n) is 3.98. The molecule has 0 atom stereocenters. The van der Waals surface area contributed by atoms with Gasteiger partial charge in [0.15, 0.2) is 0 Å². The van der Waals surface area contributed by atoms with Crippen molar-refractivity contribution in [3.05, 3.63) is 28.8 Å². The van der Waals surface area contributed by atoms with E-state index in [0.29, 0.717) is 31.0 Å². The monoisotopic (exact) mass is 346 g/mol. The van der Waals surface area contributed by atoms with Gasteiger partial charge in [0.2, 0.25) is 10.0 Å². The van der Waals surface area contributed by atoms with Gasteiger partial charge < -0.3 is 10.0 Å². The molecule has 1 aliphatic heterocycles. The number of amides is 1. The molecule has 22 heavy (non-hydrogen) atoms. The van der Waals surface area contributed by atoms with Gasteiger partial charge in [-0.1, -0.05) is 11.6 Å². The van der Waals surface area contributed by atoms with Crippen LogP contribution in [-0.2, 0) is 10.0 Å². The molecule has 1 heterocycles. The van der Waals surface area contributed by atoms with Crippen LogP contribution < -0.4 is 0 Å². The average molecular weight is 347 g/mol. The highest BCUT2D eigenvalue weighted by Gasteiger charge is 2.30. The van der Waals surface area contributed by atoms with E-state index in [4.69, 9.17) is 11.6 Å². The fourth-order valence-electron chi connectivity index (χ4n) is 2.55. The van der Waals surface area contributed by atoms with E-state index in [0.717, 1.165) is 0 Å². The van der Waals surface area contributed by atoms with Crippen molar-refractivity contribution in [1.29, 1.82) is 0 Å². The molecular weight excluding hydrogens is 328 g/mol. The molecule has 0 bridgehead atoms. The van der Waals surface area contributed by atoms with Crippen LogP contribution >= 0.6 is 11.6 Å². The summed E-state index contributed by atoms with van der Waals surface area (Å²) in [6.45, 7) is 0.880. The van der Waals surface area contributed by atoms with Crippen molar-refractivity contribution >= 4 is 27.5 Å². The van der Waals surface area contributed by atoms with Crippen molar-refractivity contribution in [2.75, 3.05) is 26.4 Å². The largest absolute Gasteiger partial charge is 0.507 e. The van der Waals surface area contributed by atoms with Gasteiger partial charge in [0.1, 0.15) is 5.75 Å². The van der Waals surface area contributed by atoms with Crippen LogP contribution in [0.1, 0.15) is 23.2 Å². The second-order valence-corrected chi connectivity index (χ2v) is 7.94. The van der Waals surface area contributed by atoms with Crippen LogP contribution in [0.2, 0.25) is 5.02 Å². The van der Waals surface area contributed by atoms with E-state index < -0.39 is 10.0 Å². The zero-order valence-electron chi connectivity index (χ0n) is 12.5. The predicted molar refractivity (Wildman–Crippen MR) is 84.6 cm³/mol. The van der Waals surface area contributed by atoms with Gasteiger partial charge in [0.25, 0.3) is 5.91 Å². The van der Waals surface area contributed by atoms with Gasteiger partial charge in [-0.25, -0.2) is 12.7 Å². The van der Waals surface area contributed by atoms with E-state index in [2.05, 4.69) is 0 Å². The number of rotatable bonds is 3. The Morgan fingerprint density at radius 2 is 1.95 bits per heavy atom. The summed E-state index contributed by atoms with van der Waals surface area (Å²) >= 11 is 5.86. The molecule has 122 valence electrons. The molecule has 0 aliphatic carbocycles. The van der Waals surface area contributed by atoms with E-state index in [1.165, 1.54) is 28.8 Å². The molecule has 0 aromatic heterocycles. The number of carbonyl (C=O) groups excluding carboxylic acids is 1. The van der Waals surface area contributed by atoms with E-state index in [-0.39, 0.29) is 23.3 Å². The molecule has 2 rings (SSSR count). The normalized spacial score (nSPS) is 17.0. The summed E-state index contributed by atoms with van der Waals surface area (Å²) in [6.07, 6.45) is 2.31. The Kier molecular flexibility index (Phi) is 4.99. The maximum atomic E-state index is 12.4. The molecule has 8 heteroatoms. The van der Waals surface area contributed by atoms with Crippen LogP contribution in [0, 0.1) is 0 Å². The molecule has 1 N–H and O–H groups in total. The number of likely N-dealkylation sites (tertiary alicyclic amines) is 1. The summed E-state index contributed by atoms with van der Waals surface area (Å²) in [5.41, 5.74) is 0.169. The maximum Gasteiger partial charge on any atom is 0.257 e. The van der Waals surface area contributed by atoms with Gasteiger partial charge >= 0.3 is 0 Å². The number of hydrogen-bond acceptors (Lipinski definition) is 4. The molecule has 1 fully saturated rings. The molecule has 1 saturated heterocycles. The van der Waals surface area contributed by atoms with E-state index >= 15 is 0 Å². The molecule has 0 spiro atoms. The SMILES string of the molecule is CN(C1CCN(C(=O)c2cc(Cl)ccc2O)CC1)S(C)(=O)=O. The first-order valence-electron chi connectivity index (χ1n) is 6.91. The Labute approximate surface area is 135 Å². The van der Waals surface area contributed by atoms with Gasteiger partial charge in [-0.3, -0.25) is 4.79 Å². The van der Waals surface area contributed by atoms with Crippen molar-refractivity contribution in [1.82, 2.24) is 9.21 Å². The van der Waals surface area contributed by atoms with E-state index in [1.54, 1.807) is 11.9 Å². The minimum atomic E-state index is -3.23. The Balaban J connectivity index is 2.05. The van der Waals surface area contributed by atoms with Crippen molar-refractivity contribution < 1.29 is 18.3 Å². The average Bonchev–Trinajstić information content (AvgIpc) is 2.47. The van der Waals surface area contributed by atoms with Crippen molar-refractivity contribution in [2.45, 2.75) is 18.9 Å². The summed E-state index contributed by atoms with van der Waals surface area (Å²) in [5, 5.41) is 10.2. The van der Waals surface area contributed by atoms with Gasteiger partial charge in [0, 0.05) is 31.2 Å². The van der Waals surface area contributed by atoms with Crippen LogP contribution in [0.4, 0.5) is 0 Å². The minimum Gasteiger partial charge on any atom is -0.507 e. The number of nitrogens with zero attached hydrogens (tertiary/aromatic N) is 2. The smallest absolute Gasteiger partial charge is 0.257 e. The molecule has 0 unspecified atom stereocenters. The molecular formula is C14H19ClN2O4S. The summed E-state index contributed by atoms with van der Waals surface area (Å²) in [5.74, 6) is -0.398. The number of halogens is 1. The molecule has 0 radical (unpaired) electrons. The van der Waals surface area contributed by atoms with Crippen LogP contribution in [0.25, 0.3) is 0 Å². The lowest BCUT2D eigenvalue weighted by molar-refractivity contribution is 0.0683. The van der Waals surface area contributed by atoms with Crippen LogP contribution in [0.3, 0.4) is 0 Å². The zero-order valence-corrected chi connectivity index (χ0v) is 14.1.